The number of amides is 1. The largest absolute Gasteiger partial charge is 0.507 e. The minimum absolute atomic E-state index is 0.00662. The SMILES string of the molecule is CCOc1ccc(C2C(=C(O)c3cccc(OC)c3)C(=O)C(=O)N2c2nc3ccc(C)cc3s2)cc1. The van der Waals surface area contributed by atoms with Gasteiger partial charge in [-0.15, -0.1) is 0 Å². The van der Waals surface area contributed by atoms with Gasteiger partial charge in [-0.25, -0.2) is 4.98 Å². The number of aryl methyl sites for hydroxylation is 1. The number of carbonyl (C=O) groups is 2. The lowest BCUT2D eigenvalue weighted by Crippen LogP contribution is -2.29. The highest BCUT2D eigenvalue weighted by Gasteiger charge is 2.48. The van der Waals surface area contributed by atoms with Crippen molar-refractivity contribution in [1.82, 2.24) is 4.98 Å². The lowest BCUT2D eigenvalue weighted by molar-refractivity contribution is -0.132. The smallest absolute Gasteiger partial charge is 0.301 e. The Morgan fingerprint density at radius 1 is 1.06 bits per heavy atom. The molecule has 1 amide bonds. The Hall–Kier alpha value is -4.17. The van der Waals surface area contributed by atoms with Crippen LogP contribution < -0.4 is 14.4 Å². The Kier molecular flexibility index (Phi) is 6.20. The van der Waals surface area contributed by atoms with Crippen LogP contribution in [0, 0.1) is 6.92 Å². The summed E-state index contributed by atoms with van der Waals surface area (Å²) in [5.41, 5.74) is 2.83. The van der Waals surface area contributed by atoms with Crippen molar-refractivity contribution in [2.24, 2.45) is 0 Å². The van der Waals surface area contributed by atoms with E-state index in [0.717, 1.165) is 15.8 Å². The number of aliphatic hydroxyl groups excluding tert-OH is 1. The molecule has 1 saturated heterocycles. The molecule has 1 aliphatic rings. The van der Waals surface area contributed by atoms with Crippen LogP contribution in [0.15, 0.2) is 72.3 Å². The lowest BCUT2D eigenvalue weighted by Gasteiger charge is -2.23. The molecule has 1 atom stereocenters. The Morgan fingerprint density at radius 2 is 1.83 bits per heavy atom. The molecule has 182 valence electrons. The third-order valence-corrected chi connectivity index (χ3v) is 7.05. The number of anilines is 1. The number of benzene rings is 3. The van der Waals surface area contributed by atoms with E-state index in [1.807, 2.05) is 32.0 Å². The minimum atomic E-state index is -0.867. The molecule has 0 bridgehead atoms. The zero-order chi connectivity index (χ0) is 25.4. The van der Waals surface area contributed by atoms with Crippen molar-refractivity contribution >= 4 is 44.1 Å². The predicted molar refractivity (Wildman–Crippen MR) is 140 cm³/mol. The minimum Gasteiger partial charge on any atom is -0.507 e. The van der Waals surface area contributed by atoms with Crippen LogP contribution in [0.4, 0.5) is 5.13 Å². The fourth-order valence-corrected chi connectivity index (χ4v) is 5.40. The fourth-order valence-electron chi connectivity index (χ4n) is 4.31. The first-order valence-corrected chi connectivity index (χ1v) is 12.3. The van der Waals surface area contributed by atoms with E-state index < -0.39 is 17.7 Å². The van der Waals surface area contributed by atoms with Crippen LogP contribution in [-0.4, -0.2) is 35.5 Å². The number of aliphatic hydroxyl groups is 1. The third-order valence-electron chi connectivity index (χ3n) is 6.03. The van der Waals surface area contributed by atoms with Gasteiger partial charge in [0, 0.05) is 5.56 Å². The predicted octanol–water partition coefficient (Wildman–Crippen LogP) is 5.64. The molecule has 0 saturated carbocycles. The lowest BCUT2D eigenvalue weighted by atomic mass is 9.95. The van der Waals surface area contributed by atoms with Gasteiger partial charge in [-0.3, -0.25) is 14.5 Å². The third kappa shape index (κ3) is 4.09. The molecule has 3 aromatic carbocycles. The molecule has 2 heterocycles. The molecule has 1 aromatic heterocycles. The molecule has 0 radical (unpaired) electrons. The van der Waals surface area contributed by atoms with Crippen LogP contribution in [0.2, 0.25) is 0 Å². The second-order valence-electron chi connectivity index (χ2n) is 8.37. The van der Waals surface area contributed by atoms with Gasteiger partial charge < -0.3 is 14.6 Å². The molecule has 4 aromatic rings. The van der Waals surface area contributed by atoms with Crippen molar-refractivity contribution in [3.63, 3.8) is 0 Å². The Bertz CT molecular complexity index is 1510. The van der Waals surface area contributed by atoms with Gasteiger partial charge in [-0.1, -0.05) is 41.7 Å². The van der Waals surface area contributed by atoms with Crippen molar-refractivity contribution in [2.75, 3.05) is 18.6 Å². The highest BCUT2D eigenvalue weighted by molar-refractivity contribution is 7.22. The number of hydrogen-bond donors (Lipinski definition) is 1. The number of Topliss-reactive ketones (excluding diaryl/α,β-unsaturated/α-hetero) is 1. The molecule has 0 aliphatic carbocycles. The van der Waals surface area contributed by atoms with E-state index in [9.17, 15) is 14.7 Å². The molecule has 1 N–H and O–H groups in total. The monoisotopic (exact) mass is 500 g/mol. The molecule has 8 heteroatoms. The van der Waals surface area contributed by atoms with Crippen molar-refractivity contribution in [1.29, 1.82) is 0 Å². The molecule has 36 heavy (non-hydrogen) atoms. The Labute approximate surface area is 212 Å². The molecule has 5 rings (SSSR count). The summed E-state index contributed by atoms with van der Waals surface area (Å²) in [4.78, 5) is 32.9. The summed E-state index contributed by atoms with van der Waals surface area (Å²) in [6.07, 6.45) is 0. The second kappa shape index (κ2) is 9.47. The van der Waals surface area contributed by atoms with Crippen LogP contribution in [0.1, 0.15) is 29.7 Å². The van der Waals surface area contributed by atoms with E-state index in [-0.39, 0.29) is 11.3 Å². The molecule has 0 spiro atoms. The first-order chi connectivity index (χ1) is 17.4. The van der Waals surface area contributed by atoms with Gasteiger partial charge in [0.25, 0.3) is 5.78 Å². The zero-order valence-corrected chi connectivity index (χ0v) is 20.8. The number of rotatable bonds is 6. The number of aromatic nitrogens is 1. The van der Waals surface area contributed by atoms with E-state index in [2.05, 4.69) is 4.98 Å². The summed E-state index contributed by atoms with van der Waals surface area (Å²) in [5.74, 6) is -0.599. The maximum Gasteiger partial charge on any atom is 0.301 e. The van der Waals surface area contributed by atoms with Gasteiger partial charge >= 0.3 is 5.91 Å². The van der Waals surface area contributed by atoms with Crippen molar-refractivity contribution in [3.8, 4) is 11.5 Å². The van der Waals surface area contributed by atoms with Gasteiger partial charge in [0.2, 0.25) is 0 Å². The zero-order valence-electron chi connectivity index (χ0n) is 20.0. The first kappa shape index (κ1) is 23.6. The van der Waals surface area contributed by atoms with Gasteiger partial charge in [0.1, 0.15) is 17.3 Å². The first-order valence-electron chi connectivity index (χ1n) is 11.5. The second-order valence-corrected chi connectivity index (χ2v) is 9.38. The van der Waals surface area contributed by atoms with E-state index >= 15 is 0 Å². The average molecular weight is 501 g/mol. The molecule has 1 fully saturated rings. The number of hydrogen-bond acceptors (Lipinski definition) is 7. The molecular weight excluding hydrogens is 476 g/mol. The Balaban J connectivity index is 1.70. The number of ether oxygens (including phenoxy) is 2. The van der Waals surface area contributed by atoms with Gasteiger partial charge in [0.05, 0.1) is 35.5 Å². The van der Waals surface area contributed by atoms with E-state index in [4.69, 9.17) is 9.47 Å². The van der Waals surface area contributed by atoms with E-state index in [0.29, 0.717) is 34.4 Å². The normalized spacial score (nSPS) is 17.1. The van der Waals surface area contributed by atoms with Crippen LogP contribution >= 0.6 is 11.3 Å². The van der Waals surface area contributed by atoms with Crippen LogP contribution in [0.5, 0.6) is 11.5 Å². The summed E-state index contributed by atoms with van der Waals surface area (Å²) in [6, 6.07) is 18.9. The summed E-state index contributed by atoms with van der Waals surface area (Å²) in [5, 5.41) is 11.7. The van der Waals surface area contributed by atoms with Crippen LogP contribution in [-0.2, 0) is 9.59 Å². The number of thiazole rings is 1. The average Bonchev–Trinajstić information content (AvgIpc) is 3.42. The number of fused-ring (bicyclic) bond motifs is 1. The summed E-state index contributed by atoms with van der Waals surface area (Å²) in [7, 11) is 1.52. The quantitative estimate of drug-likeness (QED) is 0.209. The van der Waals surface area contributed by atoms with Crippen molar-refractivity contribution in [3.05, 3.63) is 89.0 Å². The van der Waals surface area contributed by atoms with E-state index in [1.54, 1.807) is 48.5 Å². The molecule has 1 aliphatic heterocycles. The number of methoxy groups -OCH3 is 1. The molecule has 7 nitrogen and oxygen atoms in total. The maximum atomic E-state index is 13.4. The summed E-state index contributed by atoms with van der Waals surface area (Å²) >= 11 is 1.33. The summed E-state index contributed by atoms with van der Waals surface area (Å²) < 4.78 is 11.8. The van der Waals surface area contributed by atoms with Crippen LogP contribution in [0.25, 0.3) is 16.0 Å². The number of carbonyl (C=O) groups excluding carboxylic acids is 2. The van der Waals surface area contributed by atoms with Gasteiger partial charge in [-0.2, -0.15) is 0 Å². The van der Waals surface area contributed by atoms with Gasteiger partial charge in [0.15, 0.2) is 5.13 Å². The standard InChI is InChI=1S/C28H24N2O5S/c1-4-35-19-11-9-17(10-12-19)24-23(25(31)18-6-5-7-20(15-18)34-3)26(32)27(33)30(24)28-29-21-13-8-16(2)14-22(21)36-28/h5-15,24,31H,4H2,1-3H3. The van der Waals surface area contributed by atoms with E-state index in [1.165, 1.54) is 23.3 Å². The highest BCUT2D eigenvalue weighted by atomic mass is 32.1. The van der Waals surface area contributed by atoms with Crippen LogP contribution in [0.3, 0.4) is 0 Å². The van der Waals surface area contributed by atoms with Gasteiger partial charge in [-0.05, 0) is 61.4 Å². The number of ketones is 1. The fraction of sp³-hybridized carbons (Fsp3) is 0.179. The maximum absolute atomic E-state index is 13.4. The molecular formula is C28H24N2O5S. The summed E-state index contributed by atoms with van der Waals surface area (Å²) in [6.45, 7) is 4.39. The highest BCUT2D eigenvalue weighted by Crippen LogP contribution is 2.44. The number of nitrogens with zero attached hydrogens (tertiary/aromatic N) is 2. The topological polar surface area (TPSA) is 89.0 Å². The molecule has 1 unspecified atom stereocenters. The van der Waals surface area contributed by atoms with Crippen molar-refractivity contribution in [2.45, 2.75) is 19.9 Å². The van der Waals surface area contributed by atoms with Crippen molar-refractivity contribution < 1.29 is 24.2 Å². The Morgan fingerprint density at radius 3 is 2.56 bits per heavy atom.